The van der Waals surface area contributed by atoms with E-state index in [4.69, 9.17) is 0 Å². The van der Waals surface area contributed by atoms with E-state index in [1.54, 1.807) is 0 Å². The molecule has 1 aromatic carbocycles. The zero-order chi connectivity index (χ0) is 6.97. The van der Waals surface area contributed by atoms with Gasteiger partial charge in [0, 0.05) is 0 Å². The van der Waals surface area contributed by atoms with Gasteiger partial charge in [-0.05, 0) is 0 Å². The molecule has 0 atom stereocenters. The number of fused-ring (bicyclic) bond motifs is 1. The molecule has 0 aliphatic heterocycles. The van der Waals surface area contributed by atoms with Crippen molar-refractivity contribution in [1.82, 2.24) is 0 Å². The molecule has 0 fully saturated rings. The summed E-state index contributed by atoms with van der Waals surface area (Å²) in [4.78, 5) is 0. The van der Waals surface area contributed by atoms with Crippen LogP contribution < -0.4 is 0 Å². The second-order valence-electron chi connectivity index (χ2n) is 2.26. The molecule has 0 bridgehead atoms. The van der Waals surface area contributed by atoms with Gasteiger partial charge in [-0.15, -0.1) is 0 Å². The molecule has 0 heterocycles. The summed E-state index contributed by atoms with van der Waals surface area (Å²) in [6, 6.07) is 8.40. The van der Waals surface area contributed by atoms with Crippen LogP contribution in [-0.2, 0) is 17.9 Å². The molecule has 0 radical (unpaired) electrons. The van der Waals surface area contributed by atoms with Crippen LogP contribution in [-0.4, -0.2) is 4.11 Å². The minimum atomic E-state index is 1.30. The summed E-state index contributed by atoms with van der Waals surface area (Å²) in [5.74, 6) is 0. The van der Waals surface area contributed by atoms with Gasteiger partial charge in [-0.25, -0.2) is 0 Å². The molecule has 10 heavy (non-hydrogen) atoms. The fraction of sp³-hybridized carbons (Fsp3) is 0. The van der Waals surface area contributed by atoms with Gasteiger partial charge in [0.1, 0.15) is 0 Å². The first-order valence-corrected chi connectivity index (χ1v) is 4.03. The molecule has 1 aliphatic rings. The second kappa shape index (κ2) is 2.25. The normalized spacial score (nSPS) is 13.9. The maximum absolute atomic E-state index is 2.64. The Labute approximate surface area is 69.8 Å². The molecule has 0 unspecified atom stereocenters. The minimum absolute atomic E-state index is 1.30. The topological polar surface area (TPSA) is 0 Å². The summed E-state index contributed by atoms with van der Waals surface area (Å²) < 4.78 is 1.30. The number of rotatable bonds is 0. The Hall–Kier alpha value is -0.547. The van der Waals surface area contributed by atoms with Crippen LogP contribution in [0, 0.1) is 0 Å². The zero-order valence-corrected chi connectivity index (χ0v) is 7.06. The Morgan fingerprint density at radius 1 is 1.00 bits per heavy atom. The summed E-state index contributed by atoms with van der Waals surface area (Å²) in [7, 11) is 0. The summed E-state index contributed by atoms with van der Waals surface area (Å²) in [5.41, 5.74) is 2.68. The van der Waals surface area contributed by atoms with Crippen molar-refractivity contribution < 1.29 is 17.9 Å². The average molecular weight is 215 g/mol. The van der Waals surface area contributed by atoms with Gasteiger partial charge in [-0.3, -0.25) is 0 Å². The van der Waals surface area contributed by atoms with E-state index >= 15 is 0 Å². The van der Waals surface area contributed by atoms with Gasteiger partial charge >= 0.3 is 69.5 Å². The Bertz CT molecular complexity index is 310. The van der Waals surface area contributed by atoms with Crippen molar-refractivity contribution in [2.45, 2.75) is 0 Å². The van der Waals surface area contributed by atoms with E-state index in [0.717, 1.165) is 0 Å². The molecule has 1 aliphatic carbocycles. The van der Waals surface area contributed by atoms with Crippen molar-refractivity contribution in [3.8, 4) is 0 Å². The quantitative estimate of drug-likeness (QED) is 0.579. The number of hydrogen-bond acceptors (Lipinski definition) is 0. The summed E-state index contributed by atoms with van der Waals surface area (Å²) in [5, 5.41) is 0. The van der Waals surface area contributed by atoms with Gasteiger partial charge in [0.25, 0.3) is 0 Å². The van der Waals surface area contributed by atoms with Gasteiger partial charge in [0.15, 0.2) is 0 Å². The van der Waals surface area contributed by atoms with Crippen LogP contribution in [0.2, 0.25) is 0 Å². The third kappa shape index (κ3) is 0.820. The van der Waals surface area contributed by atoms with E-state index in [1.807, 2.05) is 0 Å². The molecule has 0 nitrogen and oxygen atoms in total. The van der Waals surface area contributed by atoms with Crippen LogP contribution in [0.1, 0.15) is 11.1 Å². The van der Waals surface area contributed by atoms with Crippen molar-refractivity contribution in [2.75, 3.05) is 0 Å². The number of benzene rings is 1. The predicted octanol–water partition coefficient (Wildman–Crippen LogP) is 1.78. The Morgan fingerprint density at radius 2 is 1.80 bits per heavy atom. The number of hydrogen-bond donors (Lipinski definition) is 0. The zero-order valence-electron chi connectivity index (χ0n) is 5.32. The van der Waals surface area contributed by atoms with Crippen molar-refractivity contribution in [1.29, 1.82) is 0 Å². The number of allylic oxidation sites excluding steroid dienone is 1. The first-order valence-electron chi connectivity index (χ1n) is 3.16. The van der Waals surface area contributed by atoms with Crippen molar-refractivity contribution >= 4 is 10.2 Å². The van der Waals surface area contributed by atoms with Crippen molar-refractivity contribution in [2.24, 2.45) is 0 Å². The van der Waals surface area contributed by atoms with Gasteiger partial charge in [0.2, 0.25) is 0 Å². The molecule has 0 saturated carbocycles. The summed E-state index contributed by atoms with van der Waals surface area (Å²) in [6.45, 7) is 0. The molecule has 1 aromatic rings. The molecule has 2 rings (SSSR count). The molecular formula is C9H6Ru. The molecular weight excluding hydrogens is 209 g/mol. The molecule has 0 spiro atoms. The van der Waals surface area contributed by atoms with Gasteiger partial charge in [-0.1, -0.05) is 0 Å². The fourth-order valence-electron chi connectivity index (χ4n) is 1.10. The molecule has 0 N–H and O–H groups in total. The summed E-state index contributed by atoms with van der Waals surface area (Å²) >= 11 is 2.64. The summed E-state index contributed by atoms with van der Waals surface area (Å²) in [6.07, 6.45) is 4.27. The van der Waals surface area contributed by atoms with E-state index in [0.29, 0.717) is 0 Å². The van der Waals surface area contributed by atoms with Gasteiger partial charge in [0.05, 0.1) is 0 Å². The van der Waals surface area contributed by atoms with E-state index in [2.05, 4.69) is 54.3 Å². The van der Waals surface area contributed by atoms with Gasteiger partial charge in [-0.2, -0.15) is 0 Å². The standard InChI is InChI=1S/C9H6.Ru/c1-2-5-9-7-3-6-8(9)4-1;/h1-6H;. The van der Waals surface area contributed by atoms with E-state index in [1.165, 1.54) is 15.2 Å². The van der Waals surface area contributed by atoms with E-state index in [-0.39, 0.29) is 0 Å². The SMILES string of the molecule is [Ru]=[C]1C=Cc2ccccc21. The van der Waals surface area contributed by atoms with Crippen LogP contribution in [0.5, 0.6) is 0 Å². The Balaban J connectivity index is 2.70. The first kappa shape index (κ1) is 6.18. The monoisotopic (exact) mass is 216 g/mol. The molecule has 50 valence electrons. The third-order valence-electron chi connectivity index (χ3n) is 1.62. The molecule has 0 saturated heterocycles. The van der Waals surface area contributed by atoms with Crippen molar-refractivity contribution in [3.63, 3.8) is 0 Å². The maximum atomic E-state index is 2.64. The van der Waals surface area contributed by atoms with Crippen LogP contribution >= 0.6 is 0 Å². The average Bonchev–Trinajstić information content (AvgIpc) is 2.34. The van der Waals surface area contributed by atoms with E-state index in [9.17, 15) is 0 Å². The molecule has 1 heteroatoms. The van der Waals surface area contributed by atoms with Crippen LogP contribution in [0.3, 0.4) is 0 Å². The fourth-order valence-corrected chi connectivity index (χ4v) is 1.65. The van der Waals surface area contributed by atoms with Crippen molar-refractivity contribution in [3.05, 3.63) is 41.5 Å². The molecule has 0 aromatic heterocycles. The predicted molar refractivity (Wildman–Crippen MR) is 39.6 cm³/mol. The molecule has 0 amide bonds. The van der Waals surface area contributed by atoms with E-state index < -0.39 is 0 Å². The first-order chi connectivity index (χ1) is 4.88. The van der Waals surface area contributed by atoms with Crippen LogP contribution in [0.25, 0.3) is 6.08 Å². The third-order valence-corrected chi connectivity index (χ3v) is 2.37. The van der Waals surface area contributed by atoms with Crippen LogP contribution in [0.15, 0.2) is 30.3 Å². The second-order valence-corrected chi connectivity index (χ2v) is 3.19. The Kier molecular flexibility index (Phi) is 1.39. The van der Waals surface area contributed by atoms with Crippen LogP contribution in [0.4, 0.5) is 0 Å². The van der Waals surface area contributed by atoms with Gasteiger partial charge < -0.3 is 0 Å². The Morgan fingerprint density at radius 3 is 2.60 bits per heavy atom.